The molecule has 0 aliphatic rings. The van der Waals surface area contributed by atoms with Crippen molar-refractivity contribution >= 4 is 12.2 Å². The van der Waals surface area contributed by atoms with Crippen LogP contribution in [0.2, 0.25) is 0 Å². The van der Waals surface area contributed by atoms with Crippen LogP contribution in [0.3, 0.4) is 0 Å². The molecule has 0 rings (SSSR count). The molecule has 4 N–H and O–H groups in total. The third-order valence-corrected chi connectivity index (χ3v) is 0.662. The molecule has 0 aliphatic carbocycles. The van der Waals surface area contributed by atoms with Gasteiger partial charge in [0.2, 0.25) is 0 Å². The van der Waals surface area contributed by atoms with E-state index in [1.165, 1.54) is 4.68 Å². The Hall–Kier alpha value is -0.330. The summed E-state index contributed by atoms with van der Waals surface area (Å²) in [5.41, 5.74) is 10.3. The lowest BCUT2D eigenvalue weighted by Gasteiger charge is -1.88. The fourth-order valence-corrected chi connectivity index (χ4v) is 0.240. The van der Waals surface area contributed by atoms with Crippen LogP contribution in [-0.2, 0) is 0 Å². The second kappa shape index (κ2) is 5.80. The van der Waals surface area contributed by atoms with Gasteiger partial charge in [0.15, 0.2) is 0 Å². The van der Waals surface area contributed by atoms with E-state index in [2.05, 4.69) is 5.10 Å². The van der Waals surface area contributed by atoms with E-state index in [0.29, 0.717) is 0 Å². The van der Waals surface area contributed by atoms with Gasteiger partial charge in [0.05, 0.1) is 7.05 Å². The summed E-state index contributed by atoms with van der Waals surface area (Å²) in [5, 5.41) is 3.75. The van der Waals surface area contributed by atoms with Crippen molar-refractivity contribution < 1.29 is 28.7 Å². The van der Waals surface area contributed by atoms with E-state index in [1.807, 2.05) is 0 Å². The Morgan fingerprint density at radius 2 is 2.00 bits per heavy atom. The van der Waals surface area contributed by atoms with Crippen molar-refractivity contribution in [1.29, 1.82) is 0 Å². The largest absolute Gasteiger partial charge is 1.00 e. The quantitative estimate of drug-likeness (QED) is 0.161. The molecule has 0 aromatic heterocycles. The van der Waals surface area contributed by atoms with Gasteiger partial charge in [-0.2, -0.15) is 0 Å². The molecule has 0 bridgehead atoms. The molecule has 9 heavy (non-hydrogen) atoms. The lowest BCUT2D eigenvalue weighted by molar-refractivity contribution is -0.503. The number of hydrogen-bond donors (Lipinski definition) is 2. The Balaban J connectivity index is 0. The highest BCUT2D eigenvalue weighted by Gasteiger charge is 1.88. The highest BCUT2D eigenvalue weighted by molar-refractivity contribution is 5.70. The average molecular weight is 242 g/mol. The molecule has 4 nitrogen and oxygen atoms in total. The molecule has 0 fully saturated rings. The van der Waals surface area contributed by atoms with E-state index in [1.54, 1.807) is 20.2 Å². The van der Waals surface area contributed by atoms with Crippen LogP contribution in [0.4, 0.5) is 0 Å². The molecular weight excluding hydrogens is 231 g/mol. The Bertz CT molecular complexity index is 125. The number of hydrazone groups is 1. The molecule has 0 aliphatic heterocycles. The zero-order valence-electron chi connectivity index (χ0n) is 5.50. The summed E-state index contributed by atoms with van der Waals surface area (Å²) in [6, 6.07) is 0. The highest BCUT2D eigenvalue weighted by atomic mass is 127. The second-order valence-electron chi connectivity index (χ2n) is 1.32. The Kier molecular flexibility index (Phi) is 7.39. The Labute approximate surface area is 71.6 Å². The monoisotopic (exact) mass is 242 g/mol. The van der Waals surface area contributed by atoms with E-state index < -0.39 is 0 Å². The van der Waals surface area contributed by atoms with Crippen molar-refractivity contribution in [2.75, 3.05) is 7.05 Å². The summed E-state index contributed by atoms with van der Waals surface area (Å²) in [7, 11) is 1.68. The predicted octanol–water partition coefficient (Wildman–Crippen LogP) is -4.09. The van der Waals surface area contributed by atoms with E-state index in [4.69, 9.17) is 11.5 Å². The van der Waals surface area contributed by atoms with Crippen LogP contribution in [0.15, 0.2) is 5.10 Å². The number of nitrogens with zero attached hydrogens (tertiary/aromatic N) is 2. The van der Waals surface area contributed by atoms with E-state index in [0.717, 1.165) is 0 Å². The van der Waals surface area contributed by atoms with Crippen molar-refractivity contribution in [3.8, 4) is 0 Å². The summed E-state index contributed by atoms with van der Waals surface area (Å²) in [5.74, 6) is 0.197. The fraction of sp³-hybridized carbons (Fsp3) is 0.500. The highest BCUT2D eigenvalue weighted by Crippen LogP contribution is 1.62. The maximum Gasteiger partial charge on any atom is 0.364 e. The van der Waals surface area contributed by atoms with Crippen molar-refractivity contribution in [2.45, 2.75) is 6.92 Å². The smallest absolute Gasteiger partial charge is 0.364 e. The van der Waals surface area contributed by atoms with Gasteiger partial charge in [0.25, 0.3) is 0 Å². The minimum absolute atomic E-state index is 0. The normalized spacial score (nSPS) is 8.67. The van der Waals surface area contributed by atoms with Gasteiger partial charge in [-0.3, -0.25) is 11.5 Å². The van der Waals surface area contributed by atoms with Crippen molar-refractivity contribution in [3.05, 3.63) is 0 Å². The summed E-state index contributed by atoms with van der Waals surface area (Å²) in [6.45, 7) is 1.79. The molecule has 0 saturated carbocycles. The number of halogens is 1. The summed E-state index contributed by atoms with van der Waals surface area (Å²) >= 11 is 0. The Morgan fingerprint density at radius 3 is 2.11 bits per heavy atom. The van der Waals surface area contributed by atoms with Crippen molar-refractivity contribution in [3.63, 3.8) is 0 Å². The molecule has 0 saturated heterocycles. The first-order valence-electron chi connectivity index (χ1n) is 2.28. The molecule has 54 valence electrons. The molecule has 0 aromatic rings. The molecule has 0 amide bonds. The van der Waals surface area contributed by atoms with Gasteiger partial charge in [0, 0.05) is 6.21 Å². The minimum Gasteiger partial charge on any atom is -1.00 e. The zero-order valence-corrected chi connectivity index (χ0v) is 7.66. The second-order valence-corrected chi connectivity index (χ2v) is 1.32. The SMILES string of the molecule is C/C=N/[N+](C)=C(N)N.[I-]. The first-order valence-corrected chi connectivity index (χ1v) is 2.28. The summed E-state index contributed by atoms with van der Waals surface area (Å²) in [4.78, 5) is 0. The third-order valence-electron chi connectivity index (χ3n) is 0.662. The van der Waals surface area contributed by atoms with Crippen LogP contribution in [0.25, 0.3) is 0 Å². The average Bonchev–Trinajstić information content (AvgIpc) is 1.67. The maximum absolute atomic E-state index is 5.13. The molecule has 5 heteroatoms. The number of guanidine groups is 1. The first-order chi connectivity index (χ1) is 3.68. The minimum atomic E-state index is 0. The number of rotatable bonds is 1. The molecule has 0 aromatic carbocycles. The van der Waals surface area contributed by atoms with Gasteiger partial charge in [-0.15, -0.1) is 9.79 Å². The molecule has 0 radical (unpaired) electrons. The van der Waals surface area contributed by atoms with Gasteiger partial charge >= 0.3 is 5.96 Å². The third kappa shape index (κ3) is 5.54. The lowest BCUT2D eigenvalue weighted by atomic mass is 10.9. The standard InChI is InChI=1S/C4H10N4.HI/c1-3-7-8(2)4(5)6;/h3H,1-2H3,(H3,5,6);1H/b7-3+;. The fourth-order valence-electron chi connectivity index (χ4n) is 0.240. The summed E-state index contributed by atoms with van der Waals surface area (Å²) in [6.07, 6.45) is 1.61. The van der Waals surface area contributed by atoms with Gasteiger partial charge in [-0.25, -0.2) is 0 Å². The molecule has 0 spiro atoms. The van der Waals surface area contributed by atoms with Crippen LogP contribution in [0, 0.1) is 0 Å². The van der Waals surface area contributed by atoms with Crippen LogP contribution in [0.5, 0.6) is 0 Å². The van der Waals surface area contributed by atoms with E-state index >= 15 is 0 Å². The molecule has 0 unspecified atom stereocenters. The lowest BCUT2D eigenvalue weighted by Crippen LogP contribution is -3.00. The van der Waals surface area contributed by atoms with Crippen LogP contribution >= 0.6 is 0 Å². The van der Waals surface area contributed by atoms with Crippen LogP contribution in [-0.4, -0.2) is 23.9 Å². The number of nitrogens with two attached hydrogens (primary N) is 2. The van der Waals surface area contributed by atoms with Crippen molar-refractivity contribution in [1.82, 2.24) is 0 Å². The van der Waals surface area contributed by atoms with E-state index in [9.17, 15) is 0 Å². The maximum atomic E-state index is 5.13. The topological polar surface area (TPSA) is 67.4 Å². The molecular formula is C4H11IN4. The molecule has 0 heterocycles. The first kappa shape index (κ1) is 11.5. The van der Waals surface area contributed by atoms with Gasteiger partial charge in [0.1, 0.15) is 0 Å². The van der Waals surface area contributed by atoms with Crippen LogP contribution < -0.4 is 35.4 Å². The van der Waals surface area contributed by atoms with Gasteiger partial charge < -0.3 is 24.0 Å². The predicted molar refractivity (Wildman–Crippen MR) is 33.7 cm³/mol. The van der Waals surface area contributed by atoms with Gasteiger partial charge in [-0.05, 0) is 6.92 Å². The van der Waals surface area contributed by atoms with Gasteiger partial charge in [-0.1, -0.05) is 0 Å². The zero-order chi connectivity index (χ0) is 6.57. The molecule has 0 atom stereocenters. The van der Waals surface area contributed by atoms with Crippen LogP contribution in [0.1, 0.15) is 6.92 Å². The van der Waals surface area contributed by atoms with E-state index in [-0.39, 0.29) is 29.9 Å². The Morgan fingerprint density at radius 1 is 1.56 bits per heavy atom. The number of hydrogen-bond acceptors (Lipinski definition) is 1. The van der Waals surface area contributed by atoms with Crippen molar-refractivity contribution in [2.24, 2.45) is 16.6 Å². The summed E-state index contributed by atoms with van der Waals surface area (Å²) < 4.78 is 1.39.